The molecule has 1 saturated heterocycles. The fraction of sp³-hybridized carbons (Fsp3) is 1.00. The molecule has 0 aromatic heterocycles. The van der Waals surface area contributed by atoms with Crippen molar-refractivity contribution in [1.29, 1.82) is 0 Å². The van der Waals surface area contributed by atoms with E-state index in [1.807, 2.05) is 0 Å². The maximum absolute atomic E-state index is 8.79. The summed E-state index contributed by atoms with van der Waals surface area (Å²) in [4.78, 5) is 2.39. The lowest BCUT2D eigenvalue weighted by Crippen LogP contribution is -2.48. The predicted molar refractivity (Wildman–Crippen MR) is 52.6 cm³/mol. The Morgan fingerprint density at radius 3 is 2.31 bits per heavy atom. The molecule has 3 heteroatoms. The van der Waals surface area contributed by atoms with E-state index in [-0.39, 0.29) is 0 Å². The van der Waals surface area contributed by atoms with Crippen molar-refractivity contribution in [2.24, 2.45) is 5.92 Å². The molecular weight excluding hydrogens is 166 g/mol. The maximum Gasteiger partial charge on any atom is 0.0483 e. The van der Waals surface area contributed by atoms with Gasteiger partial charge in [0.1, 0.15) is 0 Å². The molecule has 78 valence electrons. The lowest BCUT2D eigenvalue weighted by atomic mass is 10.0. The Morgan fingerprint density at radius 1 is 1.00 bits per heavy atom. The van der Waals surface area contributed by atoms with E-state index in [4.69, 9.17) is 10.2 Å². The minimum absolute atomic E-state index is 0.330. The van der Waals surface area contributed by atoms with E-state index in [2.05, 4.69) is 4.90 Å². The number of unbranched alkanes of at least 4 members (excludes halogenated alkanes) is 3. The standard InChI is InChI=1S/C10H21NO2/c12-6-4-2-1-3-5-11-7-10(8-11)9-13/h10,12-13H,1-9H2. The topological polar surface area (TPSA) is 43.7 Å². The molecular formula is C10H21NO2. The van der Waals surface area contributed by atoms with Crippen LogP contribution in [0.25, 0.3) is 0 Å². The molecule has 0 spiro atoms. The van der Waals surface area contributed by atoms with Gasteiger partial charge in [-0.3, -0.25) is 0 Å². The Morgan fingerprint density at radius 2 is 1.69 bits per heavy atom. The molecule has 1 aliphatic heterocycles. The van der Waals surface area contributed by atoms with Crippen LogP contribution in [0.1, 0.15) is 25.7 Å². The van der Waals surface area contributed by atoms with Crippen LogP contribution in [0.3, 0.4) is 0 Å². The smallest absolute Gasteiger partial charge is 0.0483 e. The summed E-state index contributed by atoms with van der Waals surface area (Å²) < 4.78 is 0. The van der Waals surface area contributed by atoms with Gasteiger partial charge in [-0.2, -0.15) is 0 Å². The highest BCUT2D eigenvalue weighted by Crippen LogP contribution is 2.15. The third-order valence-electron chi connectivity index (χ3n) is 2.67. The number of hydrogen-bond donors (Lipinski definition) is 2. The van der Waals surface area contributed by atoms with Crippen molar-refractivity contribution < 1.29 is 10.2 Å². The number of aliphatic hydroxyl groups excluding tert-OH is 2. The van der Waals surface area contributed by atoms with E-state index in [0.717, 1.165) is 25.9 Å². The lowest BCUT2D eigenvalue weighted by molar-refractivity contribution is 0.0526. The summed E-state index contributed by atoms with van der Waals surface area (Å²) in [5, 5.41) is 17.4. The van der Waals surface area contributed by atoms with Crippen LogP contribution in [0.15, 0.2) is 0 Å². The molecule has 1 heterocycles. The molecule has 1 aliphatic rings. The zero-order valence-corrected chi connectivity index (χ0v) is 8.28. The Hall–Kier alpha value is -0.120. The van der Waals surface area contributed by atoms with Crippen molar-refractivity contribution in [3.05, 3.63) is 0 Å². The molecule has 0 amide bonds. The molecule has 0 unspecified atom stereocenters. The van der Waals surface area contributed by atoms with E-state index in [1.165, 1.54) is 19.4 Å². The van der Waals surface area contributed by atoms with Crippen molar-refractivity contribution in [1.82, 2.24) is 4.90 Å². The van der Waals surface area contributed by atoms with Crippen LogP contribution in [-0.4, -0.2) is 48.0 Å². The third kappa shape index (κ3) is 4.07. The minimum Gasteiger partial charge on any atom is -0.396 e. The van der Waals surface area contributed by atoms with E-state index >= 15 is 0 Å². The second-order valence-electron chi connectivity index (χ2n) is 3.95. The first-order valence-electron chi connectivity index (χ1n) is 5.31. The first-order chi connectivity index (χ1) is 6.36. The zero-order chi connectivity index (χ0) is 9.52. The molecule has 0 saturated carbocycles. The molecule has 0 aliphatic carbocycles. The summed E-state index contributed by atoms with van der Waals surface area (Å²) in [6.45, 7) is 4.01. The van der Waals surface area contributed by atoms with Gasteiger partial charge < -0.3 is 15.1 Å². The summed E-state index contributed by atoms with van der Waals surface area (Å²) in [5.74, 6) is 0.539. The summed E-state index contributed by atoms with van der Waals surface area (Å²) in [6.07, 6.45) is 4.55. The van der Waals surface area contributed by atoms with Crippen LogP contribution >= 0.6 is 0 Å². The van der Waals surface area contributed by atoms with E-state index in [0.29, 0.717) is 19.1 Å². The second kappa shape index (κ2) is 6.35. The van der Waals surface area contributed by atoms with Crippen LogP contribution in [0.4, 0.5) is 0 Å². The van der Waals surface area contributed by atoms with Crippen molar-refractivity contribution in [3.8, 4) is 0 Å². The number of hydrogen-bond acceptors (Lipinski definition) is 3. The molecule has 0 aromatic carbocycles. The average molecular weight is 187 g/mol. The molecule has 0 aromatic rings. The molecule has 0 bridgehead atoms. The summed E-state index contributed by atoms with van der Waals surface area (Å²) in [6, 6.07) is 0. The molecule has 0 radical (unpaired) electrons. The van der Waals surface area contributed by atoms with Crippen LogP contribution in [0.2, 0.25) is 0 Å². The minimum atomic E-state index is 0.330. The van der Waals surface area contributed by atoms with Crippen LogP contribution < -0.4 is 0 Å². The van der Waals surface area contributed by atoms with Crippen molar-refractivity contribution in [3.63, 3.8) is 0 Å². The SMILES string of the molecule is OCCCCCCN1CC(CO)C1. The van der Waals surface area contributed by atoms with Crippen molar-refractivity contribution >= 4 is 0 Å². The van der Waals surface area contributed by atoms with Gasteiger partial charge in [-0.05, 0) is 19.4 Å². The van der Waals surface area contributed by atoms with E-state index in [1.54, 1.807) is 0 Å². The highest BCUT2D eigenvalue weighted by Gasteiger charge is 2.24. The number of nitrogens with zero attached hydrogens (tertiary/aromatic N) is 1. The van der Waals surface area contributed by atoms with Gasteiger partial charge in [0, 0.05) is 32.2 Å². The Kier molecular flexibility index (Phi) is 5.35. The summed E-state index contributed by atoms with van der Waals surface area (Å²) in [5.41, 5.74) is 0. The van der Waals surface area contributed by atoms with Gasteiger partial charge in [0.05, 0.1) is 0 Å². The molecule has 13 heavy (non-hydrogen) atoms. The maximum atomic E-state index is 8.79. The second-order valence-corrected chi connectivity index (χ2v) is 3.95. The highest BCUT2D eigenvalue weighted by molar-refractivity contribution is 4.78. The Balaban J connectivity index is 1.80. The average Bonchev–Trinajstić information content (AvgIpc) is 2.08. The summed E-state index contributed by atoms with van der Waals surface area (Å²) >= 11 is 0. The van der Waals surface area contributed by atoms with Gasteiger partial charge in [-0.1, -0.05) is 12.8 Å². The van der Waals surface area contributed by atoms with Crippen LogP contribution in [0, 0.1) is 5.92 Å². The Labute approximate surface area is 80.4 Å². The van der Waals surface area contributed by atoms with Gasteiger partial charge in [0.2, 0.25) is 0 Å². The van der Waals surface area contributed by atoms with Gasteiger partial charge in [-0.25, -0.2) is 0 Å². The normalized spacial score (nSPS) is 18.9. The predicted octanol–water partition coefficient (Wildman–Crippen LogP) is 0.463. The Bertz CT molecular complexity index is 124. The molecule has 3 nitrogen and oxygen atoms in total. The number of likely N-dealkylation sites (tertiary alicyclic amines) is 1. The molecule has 1 fully saturated rings. The third-order valence-corrected chi connectivity index (χ3v) is 2.67. The zero-order valence-electron chi connectivity index (χ0n) is 8.28. The molecule has 2 N–H and O–H groups in total. The molecule has 0 atom stereocenters. The number of rotatable bonds is 7. The number of aliphatic hydroxyl groups is 2. The van der Waals surface area contributed by atoms with Crippen LogP contribution in [-0.2, 0) is 0 Å². The van der Waals surface area contributed by atoms with Gasteiger partial charge in [-0.15, -0.1) is 0 Å². The van der Waals surface area contributed by atoms with Crippen molar-refractivity contribution in [2.45, 2.75) is 25.7 Å². The molecule has 1 rings (SSSR count). The van der Waals surface area contributed by atoms with E-state index in [9.17, 15) is 0 Å². The first-order valence-corrected chi connectivity index (χ1v) is 5.31. The van der Waals surface area contributed by atoms with Crippen molar-refractivity contribution in [2.75, 3.05) is 32.8 Å². The quantitative estimate of drug-likeness (QED) is 0.569. The van der Waals surface area contributed by atoms with Crippen LogP contribution in [0.5, 0.6) is 0 Å². The van der Waals surface area contributed by atoms with Gasteiger partial charge in [0.25, 0.3) is 0 Å². The highest BCUT2D eigenvalue weighted by atomic mass is 16.3. The lowest BCUT2D eigenvalue weighted by Gasteiger charge is -2.38. The fourth-order valence-corrected chi connectivity index (χ4v) is 1.78. The van der Waals surface area contributed by atoms with E-state index < -0.39 is 0 Å². The van der Waals surface area contributed by atoms with Gasteiger partial charge in [0.15, 0.2) is 0 Å². The van der Waals surface area contributed by atoms with Gasteiger partial charge >= 0.3 is 0 Å². The largest absolute Gasteiger partial charge is 0.396 e. The fourth-order valence-electron chi connectivity index (χ4n) is 1.78. The monoisotopic (exact) mass is 187 g/mol. The first kappa shape index (κ1) is 11.0. The summed E-state index contributed by atoms with van der Waals surface area (Å²) in [7, 11) is 0.